The van der Waals surface area contributed by atoms with Crippen LogP contribution in [0.4, 0.5) is 0 Å². The highest BCUT2D eigenvalue weighted by Crippen LogP contribution is 2.74. The maximum Gasteiger partial charge on any atom is 0.311 e. The zero-order valence-electron chi connectivity index (χ0n) is 25.0. The lowest BCUT2D eigenvalue weighted by molar-refractivity contribution is -0.207. The molecular weight excluding hydrogens is 500 g/mol. The minimum absolute atomic E-state index is 0.0376. The van der Waals surface area contributed by atoms with Crippen LogP contribution < -0.4 is 4.74 Å². The van der Waals surface area contributed by atoms with Crippen LogP contribution in [0, 0.1) is 51.8 Å². The van der Waals surface area contributed by atoms with Crippen molar-refractivity contribution in [3.63, 3.8) is 0 Å². The molecule has 1 aromatic carbocycles. The van der Waals surface area contributed by atoms with E-state index in [1.54, 1.807) is 7.11 Å². The van der Waals surface area contributed by atoms with Crippen LogP contribution >= 0.6 is 0 Å². The molecule has 4 fully saturated rings. The Morgan fingerprint density at radius 2 is 1.90 bits per heavy atom. The van der Waals surface area contributed by atoms with Crippen molar-refractivity contribution in [1.29, 1.82) is 0 Å². The van der Waals surface area contributed by atoms with Crippen molar-refractivity contribution in [2.24, 2.45) is 51.8 Å². The highest BCUT2D eigenvalue weighted by atomic mass is 16.5. The number of ether oxygens (including phenoxy) is 2. The summed E-state index contributed by atoms with van der Waals surface area (Å²) in [6.45, 7) is 9.07. The molecule has 1 aromatic rings. The van der Waals surface area contributed by atoms with Gasteiger partial charge in [0.15, 0.2) is 5.78 Å². The number of aliphatic hydroxyl groups is 1. The molecule has 0 aromatic heterocycles. The Morgan fingerprint density at radius 3 is 2.60 bits per heavy atom. The number of carbonyl (C=O) groups is 2. The molecule has 0 saturated heterocycles. The summed E-state index contributed by atoms with van der Waals surface area (Å²) in [5, 5.41) is 11.8. The van der Waals surface area contributed by atoms with Crippen molar-refractivity contribution >= 4 is 17.8 Å². The van der Waals surface area contributed by atoms with Gasteiger partial charge in [-0.3, -0.25) is 9.59 Å². The number of ketones is 1. The molecule has 6 aliphatic rings. The largest absolute Gasteiger partial charge is 0.497 e. The Hall–Kier alpha value is -2.40. The number of carbonyl (C=O) groups excluding carboxylic acids is 2. The van der Waals surface area contributed by atoms with E-state index < -0.39 is 11.5 Å². The van der Waals surface area contributed by atoms with E-state index in [0.717, 1.165) is 55.4 Å². The average molecular weight is 547 g/mol. The number of esters is 1. The lowest BCUT2D eigenvalue weighted by Crippen LogP contribution is -2.68. The SMILES string of the molecule is COC(=O)[C@]1(C)CCC[C@]2(C)[C@H]3C[C@H]4C(C(C)C)=C[C@]3(CC[C@H]21)[C@@H]1C(=O)/C(=C/c2cccc(OC)c2)C[C@H](O)[C@@H]14. The second kappa shape index (κ2) is 9.58. The van der Waals surface area contributed by atoms with Crippen molar-refractivity contribution < 1.29 is 24.2 Å². The second-order valence-electron chi connectivity index (χ2n) is 14.3. The number of aliphatic hydroxyl groups excluding tert-OH is 1. The lowest BCUT2D eigenvalue weighted by Gasteiger charge is -2.70. The van der Waals surface area contributed by atoms with Gasteiger partial charge in [-0.25, -0.2) is 0 Å². The van der Waals surface area contributed by atoms with E-state index in [9.17, 15) is 14.7 Å². The molecule has 0 heterocycles. The van der Waals surface area contributed by atoms with Crippen molar-refractivity contribution in [2.75, 3.05) is 14.2 Å². The summed E-state index contributed by atoms with van der Waals surface area (Å²) in [6.07, 6.45) is 10.1. The maximum absolute atomic E-state index is 14.6. The maximum atomic E-state index is 14.6. The first-order valence-corrected chi connectivity index (χ1v) is 15.4. The number of hydrogen-bond acceptors (Lipinski definition) is 5. The van der Waals surface area contributed by atoms with Crippen molar-refractivity contribution in [3.8, 4) is 5.75 Å². The fourth-order valence-corrected chi connectivity index (χ4v) is 10.8. The van der Waals surface area contributed by atoms with Gasteiger partial charge in [-0.05, 0) is 97.5 Å². The molecule has 1 spiro atoms. The van der Waals surface area contributed by atoms with E-state index in [1.165, 1.54) is 12.7 Å². The third-order valence-corrected chi connectivity index (χ3v) is 12.3. The Balaban J connectivity index is 1.46. The monoisotopic (exact) mass is 546 g/mol. The van der Waals surface area contributed by atoms with E-state index in [0.29, 0.717) is 18.3 Å². The van der Waals surface area contributed by atoms with E-state index in [-0.39, 0.29) is 46.3 Å². The van der Waals surface area contributed by atoms with Gasteiger partial charge in [-0.1, -0.05) is 51.0 Å². The average Bonchev–Trinajstić information content (AvgIpc) is 2.94. The Morgan fingerprint density at radius 1 is 1.12 bits per heavy atom. The molecule has 0 unspecified atom stereocenters. The molecule has 4 saturated carbocycles. The van der Waals surface area contributed by atoms with Crippen LogP contribution in [0.3, 0.4) is 0 Å². The molecular formula is C35H46O5. The van der Waals surface area contributed by atoms with Crippen LogP contribution in [0.15, 0.2) is 41.5 Å². The molecule has 7 rings (SSSR count). The van der Waals surface area contributed by atoms with Crippen LogP contribution in [-0.4, -0.2) is 37.2 Å². The first-order valence-electron chi connectivity index (χ1n) is 15.4. The highest BCUT2D eigenvalue weighted by molar-refractivity contribution is 6.03. The third-order valence-electron chi connectivity index (χ3n) is 12.3. The highest BCUT2D eigenvalue weighted by Gasteiger charge is 2.71. The van der Waals surface area contributed by atoms with Gasteiger partial charge in [-0.15, -0.1) is 0 Å². The van der Waals surface area contributed by atoms with Gasteiger partial charge in [-0.2, -0.15) is 0 Å². The third kappa shape index (κ3) is 3.75. The topological polar surface area (TPSA) is 72.8 Å². The second-order valence-corrected chi connectivity index (χ2v) is 14.3. The van der Waals surface area contributed by atoms with Crippen molar-refractivity contribution in [3.05, 3.63) is 47.1 Å². The van der Waals surface area contributed by atoms with Gasteiger partial charge in [0.2, 0.25) is 0 Å². The van der Waals surface area contributed by atoms with E-state index in [2.05, 4.69) is 33.8 Å². The normalized spacial score (nSPS) is 43.0. The fraction of sp³-hybridized carbons (Fsp3) is 0.657. The number of hydrogen-bond donors (Lipinski definition) is 1. The number of benzene rings is 1. The van der Waals surface area contributed by atoms with Crippen LogP contribution in [0.1, 0.15) is 78.2 Å². The van der Waals surface area contributed by atoms with Crippen molar-refractivity contribution in [2.45, 2.75) is 78.7 Å². The molecule has 5 heteroatoms. The van der Waals surface area contributed by atoms with E-state index in [4.69, 9.17) is 9.47 Å². The van der Waals surface area contributed by atoms with Crippen molar-refractivity contribution in [1.82, 2.24) is 0 Å². The van der Waals surface area contributed by atoms with Gasteiger partial charge in [0, 0.05) is 23.7 Å². The summed E-state index contributed by atoms with van der Waals surface area (Å²) >= 11 is 0. The number of rotatable bonds is 4. The van der Waals surface area contributed by atoms with E-state index >= 15 is 0 Å². The predicted molar refractivity (Wildman–Crippen MR) is 155 cm³/mol. The summed E-state index contributed by atoms with van der Waals surface area (Å²) in [4.78, 5) is 27.8. The number of Topliss-reactive ketones (excluding diaryl/α,β-unsaturated/α-hetero) is 1. The predicted octanol–water partition coefficient (Wildman–Crippen LogP) is 6.64. The summed E-state index contributed by atoms with van der Waals surface area (Å²) in [6, 6.07) is 7.79. The molecule has 216 valence electrons. The van der Waals surface area contributed by atoms with Gasteiger partial charge in [0.05, 0.1) is 25.7 Å². The summed E-state index contributed by atoms with van der Waals surface area (Å²) in [5.41, 5.74) is 2.28. The van der Waals surface area contributed by atoms with Gasteiger partial charge < -0.3 is 14.6 Å². The van der Waals surface area contributed by atoms with Crippen LogP contribution in [0.5, 0.6) is 5.75 Å². The zero-order chi connectivity index (χ0) is 28.6. The van der Waals surface area contributed by atoms with Crippen LogP contribution in [-0.2, 0) is 14.3 Å². The Kier molecular flexibility index (Phi) is 6.64. The minimum atomic E-state index is -0.540. The van der Waals surface area contributed by atoms with Gasteiger partial charge in [0.1, 0.15) is 5.75 Å². The number of methoxy groups -OCH3 is 2. The molecule has 0 aliphatic heterocycles. The van der Waals surface area contributed by atoms with Crippen LogP contribution in [0.2, 0.25) is 0 Å². The number of allylic oxidation sites excluding steroid dienone is 2. The number of fused-ring (bicyclic) bond motifs is 1. The molecule has 0 radical (unpaired) electrons. The summed E-state index contributed by atoms with van der Waals surface area (Å²) in [7, 11) is 3.17. The molecule has 5 nitrogen and oxygen atoms in total. The van der Waals surface area contributed by atoms with E-state index in [1.807, 2.05) is 30.3 Å². The van der Waals surface area contributed by atoms with Gasteiger partial charge in [0.25, 0.3) is 0 Å². The fourth-order valence-electron chi connectivity index (χ4n) is 10.8. The molecule has 1 N–H and O–H groups in total. The smallest absolute Gasteiger partial charge is 0.311 e. The molecule has 2 bridgehead atoms. The van der Waals surface area contributed by atoms with Crippen LogP contribution in [0.25, 0.3) is 6.08 Å². The standard InChI is InChI=1S/C35H46O5/c1-20(2)25-19-35-14-11-27-33(3,12-8-13-34(27,4)32(38)40-6)28(35)18-24(25)29-26(36)17-22(31(37)30(29)35)15-21-9-7-10-23(16-21)39-5/h7,9-10,15-16,19-20,24,26-30,36H,8,11-14,17-18H2,1-6H3/b22-15+/t24-,26-,27+,28+,29-,30-,33-,34+,35-/m0/s1. The molecule has 9 atom stereocenters. The molecule has 0 amide bonds. The summed E-state index contributed by atoms with van der Waals surface area (Å²) in [5.74, 6) is 1.78. The zero-order valence-corrected chi connectivity index (χ0v) is 25.0. The Bertz CT molecular complexity index is 1280. The summed E-state index contributed by atoms with van der Waals surface area (Å²) < 4.78 is 10.8. The first-order chi connectivity index (χ1) is 19.0. The first kappa shape index (κ1) is 27.8. The Labute approximate surface area is 239 Å². The minimum Gasteiger partial charge on any atom is -0.497 e. The lowest BCUT2D eigenvalue weighted by atomic mass is 9.33. The molecule has 40 heavy (non-hydrogen) atoms. The van der Waals surface area contributed by atoms with Gasteiger partial charge >= 0.3 is 5.97 Å². The molecule has 6 aliphatic carbocycles. The quantitative estimate of drug-likeness (QED) is 0.260.